The van der Waals surface area contributed by atoms with Crippen molar-refractivity contribution >= 4 is 17.5 Å². The molecule has 0 aliphatic rings. The lowest BCUT2D eigenvalue weighted by Gasteiger charge is -2.23. The Morgan fingerprint density at radius 2 is 1.87 bits per heavy atom. The topological polar surface area (TPSA) is 29.1 Å². The fraction of sp³-hybridized carbons (Fsp3) is 0.889. The molecule has 0 aromatic carbocycles. The summed E-state index contributed by atoms with van der Waals surface area (Å²) in [6.45, 7) is 3.88. The molecule has 0 spiro atoms. The van der Waals surface area contributed by atoms with Crippen molar-refractivity contribution in [1.82, 2.24) is 5.32 Å². The van der Waals surface area contributed by atoms with Crippen LogP contribution in [-0.4, -0.2) is 24.5 Å². The van der Waals surface area contributed by atoms with E-state index >= 15 is 0 Å². The highest BCUT2D eigenvalue weighted by molar-refractivity contribution is 6.17. The molecular formula is C9H15ClF3NO. The van der Waals surface area contributed by atoms with Gasteiger partial charge in [-0.2, -0.15) is 13.2 Å². The summed E-state index contributed by atoms with van der Waals surface area (Å²) in [4.78, 5) is 10.8. The van der Waals surface area contributed by atoms with E-state index in [0.717, 1.165) is 0 Å². The smallest absolute Gasteiger partial charge is 0.355 e. The van der Waals surface area contributed by atoms with Crippen LogP contribution in [0.1, 0.15) is 26.7 Å². The summed E-state index contributed by atoms with van der Waals surface area (Å²) in [5, 5.41) is 2.25. The Hall–Kier alpha value is -0.450. The van der Waals surface area contributed by atoms with Crippen LogP contribution < -0.4 is 5.32 Å². The molecule has 6 heteroatoms. The summed E-state index contributed by atoms with van der Waals surface area (Å²) < 4.78 is 35.4. The average Bonchev–Trinajstić information content (AvgIpc) is 1.98. The van der Waals surface area contributed by atoms with E-state index in [9.17, 15) is 18.0 Å². The van der Waals surface area contributed by atoms with E-state index in [2.05, 4.69) is 5.32 Å². The van der Waals surface area contributed by atoms with Gasteiger partial charge in [0.05, 0.1) is 0 Å². The lowest BCUT2D eigenvalue weighted by Crippen LogP contribution is -2.36. The Kier molecular flexibility index (Phi) is 5.42. The van der Waals surface area contributed by atoms with Crippen LogP contribution in [0.15, 0.2) is 0 Å². The summed E-state index contributed by atoms with van der Waals surface area (Å²) >= 11 is 5.52. The van der Waals surface area contributed by atoms with Crippen molar-refractivity contribution in [2.75, 3.05) is 12.4 Å². The zero-order chi connectivity index (χ0) is 12.1. The Bertz CT molecular complexity index is 216. The molecule has 90 valence electrons. The Morgan fingerprint density at radius 3 is 2.27 bits per heavy atom. The molecule has 0 heterocycles. The van der Waals surface area contributed by atoms with Crippen LogP contribution in [-0.2, 0) is 4.79 Å². The highest BCUT2D eigenvalue weighted by Gasteiger charge is 2.31. The van der Waals surface area contributed by atoms with Gasteiger partial charge in [-0.1, -0.05) is 13.8 Å². The third-order valence-corrected chi connectivity index (χ3v) is 2.09. The predicted molar refractivity (Wildman–Crippen MR) is 52.8 cm³/mol. The van der Waals surface area contributed by atoms with Crippen LogP contribution in [0.3, 0.4) is 0 Å². The second kappa shape index (κ2) is 5.58. The number of carbonyl (C=O) groups is 1. The van der Waals surface area contributed by atoms with Gasteiger partial charge in [-0.3, -0.25) is 4.79 Å². The molecule has 0 aromatic heterocycles. The van der Waals surface area contributed by atoms with E-state index in [-0.39, 0.29) is 12.0 Å². The van der Waals surface area contributed by atoms with Gasteiger partial charge in [0, 0.05) is 12.4 Å². The maximum absolute atomic E-state index is 11.8. The Balaban J connectivity index is 3.90. The lowest BCUT2D eigenvalue weighted by atomic mass is 9.90. The second-order valence-corrected chi connectivity index (χ2v) is 4.55. The van der Waals surface area contributed by atoms with Gasteiger partial charge in [0.15, 0.2) is 0 Å². The molecule has 0 aliphatic heterocycles. The molecule has 0 fully saturated rings. The highest BCUT2D eigenvalue weighted by Crippen LogP contribution is 2.21. The SMILES string of the molecule is CC(C)(CCCl)CNC(=O)CC(F)(F)F. The average molecular weight is 246 g/mol. The monoisotopic (exact) mass is 245 g/mol. The van der Waals surface area contributed by atoms with Crippen LogP contribution >= 0.6 is 11.6 Å². The van der Waals surface area contributed by atoms with Gasteiger partial charge < -0.3 is 5.32 Å². The molecule has 0 unspecified atom stereocenters. The molecule has 0 radical (unpaired) electrons. The molecule has 0 rings (SSSR count). The van der Waals surface area contributed by atoms with Crippen LogP contribution in [0.25, 0.3) is 0 Å². The van der Waals surface area contributed by atoms with Gasteiger partial charge in [0.25, 0.3) is 0 Å². The first-order valence-electron chi connectivity index (χ1n) is 4.56. The third-order valence-electron chi connectivity index (χ3n) is 1.90. The van der Waals surface area contributed by atoms with Crippen LogP contribution in [0.5, 0.6) is 0 Å². The maximum Gasteiger partial charge on any atom is 0.397 e. The van der Waals surface area contributed by atoms with Gasteiger partial charge in [-0.05, 0) is 11.8 Å². The third kappa shape index (κ3) is 8.54. The summed E-state index contributed by atoms with van der Waals surface area (Å²) in [6.07, 6.45) is -5.23. The summed E-state index contributed by atoms with van der Waals surface area (Å²) in [6, 6.07) is 0. The molecule has 0 saturated carbocycles. The van der Waals surface area contributed by atoms with Crippen molar-refractivity contribution in [2.24, 2.45) is 5.41 Å². The maximum atomic E-state index is 11.8. The minimum atomic E-state index is -4.44. The molecule has 0 aromatic rings. The summed E-state index contributed by atoms with van der Waals surface area (Å²) in [5.41, 5.74) is -0.275. The fourth-order valence-corrected chi connectivity index (χ4v) is 1.44. The molecular weight excluding hydrogens is 231 g/mol. The number of halogens is 4. The van der Waals surface area contributed by atoms with Crippen LogP contribution in [0.2, 0.25) is 0 Å². The van der Waals surface area contributed by atoms with Crippen molar-refractivity contribution < 1.29 is 18.0 Å². The van der Waals surface area contributed by atoms with E-state index < -0.39 is 18.5 Å². The van der Waals surface area contributed by atoms with Gasteiger partial charge in [-0.25, -0.2) is 0 Å². The van der Waals surface area contributed by atoms with E-state index in [4.69, 9.17) is 11.6 Å². The lowest BCUT2D eigenvalue weighted by molar-refractivity contribution is -0.154. The number of hydrogen-bond donors (Lipinski definition) is 1. The number of amides is 1. The molecule has 0 atom stereocenters. The number of rotatable bonds is 5. The first-order valence-corrected chi connectivity index (χ1v) is 5.09. The molecule has 15 heavy (non-hydrogen) atoms. The van der Waals surface area contributed by atoms with Crippen molar-refractivity contribution in [3.63, 3.8) is 0 Å². The molecule has 1 N–H and O–H groups in total. The van der Waals surface area contributed by atoms with Crippen molar-refractivity contribution in [1.29, 1.82) is 0 Å². The largest absolute Gasteiger partial charge is 0.397 e. The molecule has 0 bridgehead atoms. The fourth-order valence-electron chi connectivity index (χ4n) is 0.927. The number of alkyl halides is 4. The van der Waals surface area contributed by atoms with Gasteiger partial charge in [-0.15, -0.1) is 11.6 Å². The van der Waals surface area contributed by atoms with Crippen LogP contribution in [0.4, 0.5) is 13.2 Å². The van der Waals surface area contributed by atoms with E-state index in [0.29, 0.717) is 12.3 Å². The quantitative estimate of drug-likeness (QED) is 0.742. The van der Waals surface area contributed by atoms with Gasteiger partial charge in [0.2, 0.25) is 5.91 Å². The van der Waals surface area contributed by atoms with E-state index in [1.165, 1.54) is 0 Å². The predicted octanol–water partition coefficient (Wildman–Crippen LogP) is 2.71. The normalized spacial score (nSPS) is 12.7. The van der Waals surface area contributed by atoms with Crippen molar-refractivity contribution in [3.8, 4) is 0 Å². The molecule has 1 amide bonds. The Labute approximate surface area is 92.2 Å². The Morgan fingerprint density at radius 1 is 1.33 bits per heavy atom. The highest BCUT2D eigenvalue weighted by atomic mass is 35.5. The standard InChI is InChI=1S/C9H15ClF3NO/c1-8(2,3-4-10)6-14-7(15)5-9(11,12)13/h3-6H2,1-2H3,(H,14,15). The first kappa shape index (κ1) is 14.6. The van der Waals surface area contributed by atoms with Gasteiger partial charge in [0.1, 0.15) is 6.42 Å². The molecule has 0 saturated heterocycles. The van der Waals surface area contributed by atoms with E-state index in [1.54, 1.807) is 0 Å². The second-order valence-electron chi connectivity index (χ2n) is 4.17. The number of nitrogens with one attached hydrogen (secondary N) is 1. The van der Waals surface area contributed by atoms with Crippen molar-refractivity contribution in [3.05, 3.63) is 0 Å². The zero-order valence-electron chi connectivity index (χ0n) is 8.75. The molecule has 0 aliphatic carbocycles. The molecule has 2 nitrogen and oxygen atoms in total. The van der Waals surface area contributed by atoms with E-state index in [1.807, 2.05) is 13.8 Å². The summed E-state index contributed by atoms with van der Waals surface area (Å²) in [5.74, 6) is -0.576. The number of hydrogen-bond acceptors (Lipinski definition) is 1. The minimum Gasteiger partial charge on any atom is -0.355 e. The van der Waals surface area contributed by atoms with Crippen molar-refractivity contribution in [2.45, 2.75) is 32.9 Å². The number of carbonyl (C=O) groups excluding carboxylic acids is 1. The summed E-state index contributed by atoms with van der Waals surface area (Å²) in [7, 11) is 0. The van der Waals surface area contributed by atoms with Crippen LogP contribution in [0, 0.1) is 5.41 Å². The minimum absolute atomic E-state index is 0.203. The zero-order valence-corrected chi connectivity index (χ0v) is 9.50. The van der Waals surface area contributed by atoms with Gasteiger partial charge >= 0.3 is 6.18 Å². The first-order chi connectivity index (χ1) is 6.66.